The second-order valence-corrected chi connectivity index (χ2v) is 4.84. The summed E-state index contributed by atoms with van der Waals surface area (Å²) in [5.41, 5.74) is 0.970. The lowest BCUT2D eigenvalue weighted by Crippen LogP contribution is -2.37. The van der Waals surface area contributed by atoms with Crippen LogP contribution >= 0.6 is 0 Å². The first kappa shape index (κ1) is 16.2. The van der Waals surface area contributed by atoms with Crippen LogP contribution in [-0.2, 0) is 11.2 Å². The van der Waals surface area contributed by atoms with Crippen molar-refractivity contribution in [2.75, 3.05) is 44.4 Å². The summed E-state index contributed by atoms with van der Waals surface area (Å²) < 4.78 is 0. The third kappa shape index (κ3) is 3.59. The van der Waals surface area contributed by atoms with Crippen molar-refractivity contribution >= 4 is 17.5 Å². The van der Waals surface area contributed by atoms with Crippen LogP contribution in [-0.4, -0.2) is 55.0 Å². The standard InChI is InChI=1S/C14H25N5O/c1-7-11-16-13(15-4)10(3)14(17-11)19(8-2)9-12(20)18(5)6/h7-9H2,1-6H3,(H,15,16,17). The fourth-order valence-corrected chi connectivity index (χ4v) is 1.90. The lowest BCUT2D eigenvalue weighted by molar-refractivity contribution is -0.127. The molecule has 0 atom stereocenters. The van der Waals surface area contributed by atoms with Crippen LogP contribution in [0.3, 0.4) is 0 Å². The molecule has 1 aromatic rings. The van der Waals surface area contributed by atoms with E-state index >= 15 is 0 Å². The Morgan fingerprint density at radius 1 is 1.25 bits per heavy atom. The third-order valence-corrected chi connectivity index (χ3v) is 3.23. The van der Waals surface area contributed by atoms with Gasteiger partial charge in [0.1, 0.15) is 17.5 Å². The molecule has 0 bridgehead atoms. The molecule has 0 saturated heterocycles. The van der Waals surface area contributed by atoms with Crippen molar-refractivity contribution in [3.8, 4) is 0 Å². The number of aromatic nitrogens is 2. The number of amides is 1. The summed E-state index contributed by atoms with van der Waals surface area (Å²) in [6.45, 7) is 7.07. The first-order valence-electron chi connectivity index (χ1n) is 6.94. The number of hydrogen-bond acceptors (Lipinski definition) is 5. The van der Waals surface area contributed by atoms with Gasteiger partial charge in [0.25, 0.3) is 0 Å². The summed E-state index contributed by atoms with van der Waals surface area (Å²) in [4.78, 5) is 24.6. The van der Waals surface area contributed by atoms with Crippen LogP contribution in [0.1, 0.15) is 25.2 Å². The Hall–Kier alpha value is -1.85. The SMILES string of the molecule is CCc1nc(NC)c(C)c(N(CC)CC(=O)N(C)C)n1. The van der Waals surface area contributed by atoms with E-state index in [9.17, 15) is 4.79 Å². The Labute approximate surface area is 121 Å². The van der Waals surface area contributed by atoms with Gasteiger partial charge in [0.2, 0.25) is 5.91 Å². The van der Waals surface area contributed by atoms with Crippen molar-refractivity contribution in [1.29, 1.82) is 0 Å². The van der Waals surface area contributed by atoms with Crippen LogP contribution in [0.15, 0.2) is 0 Å². The molecule has 20 heavy (non-hydrogen) atoms. The van der Waals surface area contributed by atoms with Gasteiger partial charge in [-0.05, 0) is 13.8 Å². The number of aryl methyl sites for hydroxylation is 1. The number of carbonyl (C=O) groups is 1. The van der Waals surface area contributed by atoms with Crippen LogP contribution in [0.2, 0.25) is 0 Å². The molecule has 1 rings (SSSR count). The summed E-state index contributed by atoms with van der Waals surface area (Å²) >= 11 is 0. The van der Waals surface area contributed by atoms with Gasteiger partial charge in [0.05, 0.1) is 6.54 Å². The van der Waals surface area contributed by atoms with E-state index in [4.69, 9.17) is 0 Å². The van der Waals surface area contributed by atoms with Gasteiger partial charge in [-0.25, -0.2) is 9.97 Å². The Balaban J connectivity index is 3.16. The maximum absolute atomic E-state index is 11.9. The van der Waals surface area contributed by atoms with Gasteiger partial charge in [-0.2, -0.15) is 0 Å². The van der Waals surface area contributed by atoms with Crippen molar-refractivity contribution in [3.63, 3.8) is 0 Å². The number of nitrogens with one attached hydrogen (secondary N) is 1. The highest BCUT2D eigenvalue weighted by Gasteiger charge is 2.18. The van der Waals surface area contributed by atoms with E-state index in [1.807, 2.05) is 32.7 Å². The molecule has 6 nitrogen and oxygen atoms in total. The van der Waals surface area contributed by atoms with E-state index in [1.165, 1.54) is 0 Å². The predicted octanol–water partition coefficient (Wildman–Crippen LogP) is 1.30. The molecule has 0 aromatic carbocycles. The quantitative estimate of drug-likeness (QED) is 0.850. The maximum atomic E-state index is 11.9. The zero-order chi connectivity index (χ0) is 15.3. The fourth-order valence-electron chi connectivity index (χ4n) is 1.90. The van der Waals surface area contributed by atoms with Gasteiger partial charge in [0, 0.05) is 39.7 Å². The van der Waals surface area contributed by atoms with E-state index in [1.54, 1.807) is 19.0 Å². The van der Waals surface area contributed by atoms with Gasteiger partial charge < -0.3 is 15.1 Å². The molecule has 0 aliphatic heterocycles. The van der Waals surface area contributed by atoms with Gasteiger partial charge in [-0.1, -0.05) is 6.92 Å². The molecular formula is C14H25N5O. The zero-order valence-electron chi connectivity index (χ0n) is 13.3. The number of likely N-dealkylation sites (N-methyl/N-ethyl adjacent to an activating group) is 2. The highest BCUT2D eigenvalue weighted by molar-refractivity contribution is 5.81. The average Bonchev–Trinajstić information content (AvgIpc) is 2.44. The average molecular weight is 279 g/mol. The predicted molar refractivity (Wildman–Crippen MR) is 82.3 cm³/mol. The number of hydrogen-bond donors (Lipinski definition) is 1. The second-order valence-electron chi connectivity index (χ2n) is 4.84. The molecule has 1 aromatic heterocycles. The summed E-state index contributed by atoms with van der Waals surface area (Å²) in [7, 11) is 5.37. The van der Waals surface area contributed by atoms with Gasteiger partial charge >= 0.3 is 0 Å². The van der Waals surface area contributed by atoms with Gasteiger partial charge in [-0.15, -0.1) is 0 Å². The first-order chi connectivity index (χ1) is 9.44. The molecular weight excluding hydrogens is 254 g/mol. The van der Waals surface area contributed by atoms with Crippen molar-refractivity contribution in [2.24, 2.45) is 0 Å². The minimum absolute atomic E-state index is 0.0638. The maximum Gasteiger partial charge on any atom is 0.241 e. The van der Waals surface area contributed by atoms with Crippen molar-refractivity contribution in [2.45, 2.75) is 27.2 Å². The van der Waals surface area contributed by atoms with Crippen LogP contribution in [0, 0.1) is 6.92 Å². The van der Waals surface area contributed by atoms with E-state index in [0.29, 0.717) is 6.54 Å². The van der Waals surface area contributed by atoms with Crippen LogP contribution in [0.5, 0.6) is 0 Å². The summed E-state index contributed by atoms with van der Waals surface area (Å²) in [5.74, 6) is 2.50. The van der Waals surface area contributed by atoms with E-state index < -0.39 is 0 Å². The number of carbonyl (C=O) groups excluding carboxylic acids is 1. The molecule has 0 unspecified atom stereocenters. The Morgan fingerprint density at radius 2 is 1.90 bits per heavy atom. The minimum Gasteiger partial charge on any atom is -0.373 e. The molecule has 0 saturated carbocycles. The molecule has 0 aliphatic rings. The summed E-state index contributed by atoms with van der Waals surface area (Å²) in [5, 5.41) is 3.09. The molecule has 6 heteroatoms. The Kier molecular flexibility index (Phi) is 5.73. The number of anilines is 2. The minimum atomic E-state index is 0.0638. The zero-order valence-corrected chi connectivity index (χ0v) is 13.3. The number of rotatable bonds is 6. The Morgan fingerprint density at radius 3 is 2.35 bits per heavy atom. The van der Waals surface area contributed by atoms with Crippen molar-refractivity contribution in [1.82, 2.24) is 14.9 Å². The molecule has 1 heterocycles. The van der Waals surface area contributed by atoms with E-state index in [0.717, 1.165) is 36.0 Å². The molecule has 0 radical (unpaired) electrons. The Bertz CT molecular complexity index is 473. The summed E-state index contributed by atoms with van der Waals surface area (Å²) in [6, 6.07) is 0. The van der Waals surface area contributed by atoms with E-state index in [2.05, 4.69) is 15.3 Å². The van der Waals surface area contributed by atoms with Crippen LogP contribution < -0.4 is 10.2 Å². The second kappa shape index (κ2) is 7.07. The molecule has 1 amide bonds. The third-order valence-electron chi connectivity index (χ3n) is 3.23. The summed E-state index contributed by atoms with van der Waals surface area (Å²) in [6.07, 6.45) is 0.765. The fraction of sp³-hybridized carbons (Fsp3) is 0.643. The topological polar surface area (TPSA) is 61.4 Å². The molecule has 112 valence electrons. The van der Waals surface area contributed by atoms with Gasteiger partial charge in [0.15, 0.2) is 0 Å². The molecule has 0 fully saturated rings. The highest BCUT2D eigenvalue weighted by atomic mass is 16.2. The monoisotopic (exact) mass is 279 g/mol. The van der Waals surface area contributed by atoms with Crippen LogP contribution in [0.25, 0.3) is 0 Å². The van der Waals surface area contributed by atoms with Crippen molar-refractivity contribution in [3.05, 3.63) is 11.4 Å². The normalized spacial score (nSPS) is 10.3. The molecule has 1 N–H and O–H groups in total. The highest BCUT2D eigenvalue weighted by Crippen LogP contribution is 2.23. The van der Waals surface area contributed by atoms with Crippen molar-refractivity contribution < 1.29 is 4.79 Å². The lowest BCUT2D eigenvalue weighted by atomic mass is 10.2. The first-order valence-corrected chi connectivity index (χ1v) is 6.94. The lowest BCUT2D eigenvalue weighted by Gasteiger charge is -2.25. The van der Waals surface area contributed by atoms with E-state index in [-0.39, 0.29) is 5.91 Å². The van der Waals surface area contributed by atoms with Gasteiger partial charge in [-0.3, -0.25) is 4.79 Å². The van der Waals surface area contributed by atoms with Crippen LogP contribution in [0.4, 0.5) is 11.6 Å². The largest absolute Gasteiger partial charge is 0.373 e. The smallest absolute Gasteiger partial charge is 0.241 e. The number of nitrogens with zero attached hydrogens (tertiary/aromatic N) is 4. The molecule has 0 aliphatic carbocycles. The molecule has 0 spiro atoms.